The molecule has 0 bridgehead atoms. The molecule has 0 saturated carbocycles. The van der Waals surface area contributed by atoms with Crippen LogP contribution in [-0.2, 0) is 19.6 Å². The van der Waals surface area contributed by atoms with Crippen LogP contribution < -0.4 is 15.4 Å². The average Bonchev–Trinajstić information content (AvgIpc) is 2.69. The van der Waals surface area contributed by atoms with E-state index >= 15 is 0 Å². The minimum Gasteiger partial charge on any atom is -0.324 e. The Morgan fingerprint density at radius 2 is 1.62 bits per heavy atom. The van der Waals surface area contributed by atoms with Gasteiger partial charge in [-0.05, 0) is 56.2 Å². The van der Waals surface area contributed by atoms with Crippen molar-refractivity contribution in [2.75, 3.05) is 15.4 Å². The van der Waals surface area contributed by atoms with Crippen LogP contribution in [0.3, 0.4) is 0 Å². The van der Waals surface area contributed by atoms with Crippen LogP contribution in [0.5, 0.6) is 0 Å². The number of nitrogens with one attached hydrogen (secondary N) is 3. The topological polar surface area (TPSA) is 104 Å². The molecule has 136 valence electrons. The first-order valence-corrected chi connectivity index (χ1v) is 9.52. The van der Waals surface area contributed by atoms with Crippen LogP contribution in [0.4, 0.5) is 17.1 Å². The number of fused-ring (bicyclic) bond motifs is 1. The molecular formula is C18H19N3O4S. The number of rotatable bonds is 3. The van der Waals surface area contributed by atoms with Gasteiger partial charge in [0.2, 0.25) is 11.8 Å². The molecule has 1 aliphatic rings. The Morgan fingerprint density at radius 3 is 2.31 bits per heavy atom. The summed E-state index contributed by atoms with van der Waals surface area (Å²) in [4.78, 5) is 23.8. The van der Waals surface area contributed by atoms with Crippen LogP contribution >= 0.6 is 0 Å². The molecule has 0 aliphatic carbocycles. The van der Waals surface area contributed by atoms with Gasteiger partial charge in [-0.25, -0.2) is 8.42 Å². The Balaban J connectivity index is 1.97. The standard InChI is InChI=1S/C18H19N3O4S/c1-10-5-4-6-14(11(10)2)21-26(24,25)13-7-8-15-16(9-13)20-18(23)12(3)17(22)19-15/h4-9,12,21H,1-3H3,(H,19,22)(H,20,23). The van der Waals surface area contributed by atoms with Gasteiger partial charge in [-0.15, -0.1) is 0 Å². The molecule has 0 spiro atoms. The van der Waals surface area contributed by atoms with Crippen LogP contribution in [0, 0.1) is 19.8 Å². The van der Waals surface area contributed by atoms with E-state index < -0.39 is 27.8 Å². The molecule has 0 saturated heterocycles. The summed E-state index contributed by atoms with van der Waals surface area (Å²) in [7, 11) is -3.86. The molecule has 8 heteroatoms. The van der Waals surface area contributed by atoms with Gasteiger partial charge in [0.05, 0.1) is 22.0 Å². The highest BCUT2D eigenvalue weighted by Gasteiger charge is 2.28. The van der Waals surface area contributed by atoms with Gasteiger partial charge in [-0.2, -0.15) is 0 Å². The van der Waals surface area contributed by atoms with Crippen molar-refractivity contribution in [2.24, 2.45) is 5.92 Å². The number of amides is 2. The van der Waals surface area contributed by atoms with E-state index in [0.717, 1.165) is 11.1 Å². The lowest BCUT2D eigenvalue weighted by Crippen LogP contribution is -2.28. The molecule has 7 nitrogen and oxygen atoms in total. The van der Waals surface area contributed by atoms with Gasteiger partial charge in [0.25, 0.3) is 10.0 Å². The van der Waals surface area contributed by atoms with Crippen molar-refractivity contribution in [3.63, 3.8) is 0 Å². The fraction of sp³-hybridized carbons (Fsp3) is 0.222. The first-order chi connectivity index (χ1) is 12.2. The van der Waals surface area contributed by atoms with Gasteiger partial charge in [0.15, 0.2) is 0 Å². The molecule has 0 fully saturated rings. The van der Waals surface area contributed by atoms with Crippen LogP contribution in [0.25, 0.3) is 0 Å². The lowest BCUT2D eigenvalue weighted by Gasteiger charge is -2.14. The van der Waals surface area contributed by atoms with Crippen molar-refractivity contribution in [1.29, 1.82) is 0 Å². The molecule has 2 amide bonds. The predicted molar refractivity (Wildman–Crippen MR) is 99.6 cm³/mol. The van der Waals surface area contributed by atoms with Crippen molar-refractivity contribution in [3.8, 4) is 0 Å². The molecule has 0 radical (unpaired) electrons. The van der Waals surface area contributed by atoms with E-state index in [-0.39, 0.29) is 10.6 Å². The maximum absolute atomic E-state index is 12.7. The van der Waals surface area contributed by atoms with Crippen LogP contribution in [0.1, 0.15) is 18.1 Å². The number of aryl methyl sites for hydroxylation is 1. The van der Waals surface area contributed by atoms with Crippen LogP contribution in [0.15, 0.2) is 41.3 Å². The third kappa shape index (κ3) is 3.28. The van der Waals surface area contributed by atoms with E-state index in [1.165, 1.54) is 25.1 Å². The van der Waals surface area contributed by atoms with E-state index in [2.05, 4.69) is 15.4 Å². The highest BCUT2D eigenvalue weighted by atomic mass is 32.2. The summed E-state index contributed by atoms with van der Waals surface area (Å²) in [6.07, 6.45) is 0. The zero-order valence-electron chi connectivity index (χ0n) is 14.6. The summed E-state index contributed by atoms with van der Waals surface area (Å²) >= 11 is 0. The van der Waals surface area contributed by atoms with Crippen molar-refractivity contribution in [3.05, 3.63) is 47.5 Å². The minimum absolute atomic E-state index is 0.0127. The summed E-state index contributed by atoms with van der Waals surface area (Å²) in [5, 5.41) is 5.19. The number of hydrogen-bond donors (Lipinski definition) is 3. The van der Waals surface area contributed by atoms with E-state index in [4.69, 9.17) is 0 Å². The Hall–Kier alpha value is -2.87. The predicted octanol–water partition coefficient (Wildman–Crippen LogP) is 2.63. The zero-order chi connectivity index (χ0) is 19.1. The quantitative estimate of drug-likeness (QED) is 0.719. The second-order valence-electron chi connectivity index (χ2n) is 6.26. The van der Waals surface area contributed by atoms with Crippen LogP contribution in [-0.4, -0.2) is 20.2 Å². The third-order valence-corrected chi connectivity index (χ3v) is 5.82. The maximum Gasteiger partial charge on any atom is 0.261 e. The van der Waals surface area contributed by atoms with Crippen molar-refractivity contribution in [2.45, 2.75) is 25.7 Å². The molecule has 2 aromatic rings. The number of benzene rings is 2. The third-order valence-electron chi connectivity index (χ3n) is 4.45. The van der Waals surface area contributed by atoms with E-state index in [0.29, 0.717) is 11.4 Å². The van der Waals surface area contributed by atoms with Gasteiger partial charge >= 0.3 is 0 Å². The Morgan fingerprint density at radius 1 is 0.962 bits per heavy atom. The highest BCUT2D eigenvalue weighted by Crippen LogP contribution is 2.30. The summed E-state index contributed by atoms with van der Waals surface area (Å²) in [6.45, 7) is 5.21. The summed E-state index contributed by atoms with van der Waals surface area (Å²) in [5.74, 6) is -1.79. The van der Waals surface area contributed by atoms with Crippen molar-refractivity contribution < 1.29 is 18.0 Å². The molecule has 2 aromatic carbocycles. The molecule has 3 rings (SSSR count). The number of carbonyl (C=O) groups is 2. The zero-order valence-corrected chi connectivity index (χ0v) is 15.4. The second-order valence-corrected chi connectivity index (χ2v) is 7.94. The monoisotopic (exact) mass is 373 g/mol. The fourth-order valence-electron chi connectivity index (χ4n) is 2.57. The summed E-state index contributed by atoms with van der Waals surface area (Å²) < 4.78 is 28.0. The lowest BCUT2D eigenvalue weighted by molar-refractivity contribution is -0.128. The first-order valence-electron chi connectivity index (χ1n) is 8.04. The molecule has 0 aromatic heterocycles. The first kappa shape index (κ1) is 17.9. The van der Waals surface area contributed by atoms with Crippen LogP contribution in [0.2, 0.25) is 0 Å². The van der Waals surface area contributed by atoms with Crippen molar-refractivity contribution in [1.82, 2.24) is 0 Å². The van der Waals surface area contributed by atoms with E-state index in [9.17, 15) is 18.0 Å². The summed E-state index contributed by atoms with van der Waals surface area (Å²) in [6, 6.07) is 9.53. The molecular weight excluding hydrogens is 354 g/mol. The van der Waals surface area contributed by atoms with Gasteiger partial charge < -0.3 is 10.6 Å². The normalized spacial score (nSPS) is 17.0. The number of anilines is 3. The van der Waals surface area contributed by atoms with Gasteiger partial charge in [-0.1, -0.05) is 12.1 Å². The van der Waals surface area contributed by atoms with Crippen molar-refractivity contribution >= 4 is 38.9 Å². The average molecular weight is 373 g/mol. The Bertz CT molecular complexity index is 1020. The Labute approximate surface area is 151 Å². The van der Waals surface area contributed by atoms with Gasteiger partial charge in [-0.3, -0.25) is 14.3 Å². The van der Waals surface area contributed by atoms with Gasteiger partial charge in [0, 0.05) is 0 Å². The van der Waals surface area contributed by atoms with E-state index in [1.54, 1.807) is 12.1 Å². The number of hydrogen-bond acceptors (Lipinski definition) is 4. The molecule has 1 heterocycles. The fourth-order valence-corrected chi connectivity index (χ4v) is 3.72. The smallest absolute Gasteiger partial charge is 0.261 e. The SMILES string of the molecule is Cc1cccc(NS(=O)(=O)c2ccc3c(c2)NC(=O)C(C)C(=O)N3)c1C. The van der Waals surface area contributed by atoms with Gasteiger partial charge in [0.1, 0.15) is 5.92 Å². The second kappa shape index (κ2) is 6.45. The maximum atomic E-state index is 12.7. The molecule has 1 atom stereocenters. The molecule has 26 heavy (non-hydrogen) atoms. The number of sulfonamides is 1. The summed E-state index contributed by atoms with van der Waals surface area (Å²) in [5.41, 5.74) is 2.90. The number of carbonyl (C=O) groups excluding carboxylic acids is 2. The molecule has 1 aliphatic heterocycles. The van der Waals surface area contributed by atoms with E-state index in [1.807, 2.05) is 19.9 Å². The minimum atomic E-state index is -3.86. The molecule has 1 unspecified atom stereocenters. The highest BCUT2D eigenvalue weighted by molar-refractivity contribution is 7.92. The largest absolute Gasteiger partial charge is 0.324 e. The lowest BCUT2D eigenvalue weighted by atomic mass is 10.1. The Kier molecular flexibility index (Phi) is 4.45. The molecule has 3 N–H and O–H groups in total.